The predicted molar refractivity (Wildman–Crippen MR) is 93.2 cm³/mol. The van der Waals surface area contributed by atoms with Crippen LogP contribution in [0.2, 0.25) is 5.02 Å². The molecule has 0 saturated heterocycles. The number of rotatable bonds is 6. The van der Waals surface area contributed by atoms with E-state index in [0.717, 1.165) is 22.7 Å². The van der Waals surface area contributed by atoms with Gasteiger partial charge in [-0.15, -0.1) is 5.10 Å². The molecule has 122 valence electrons. The smallest absolute Gasteiger partial charge is 0.244 e. The first-order chi connectivity index (χ1) is 11.7. The third-order valence-electron chi connectivity index (χ3n) is 3.26. The highest BCUT2D eigenvalue weighted by Crippen LogP contribution is 2.15. The van der Waals surface area contributed by atoms with Gasteiger partial charge in [0.25, 0.3) is 0 Å². The summed E-state index contributed by atoms with van der Waals surface area (Å²) in [5.74, 6) is 0.663. The van der Waals surface area contributed by atoms with E-state index in [1.165, 1.54) is 18.3 Å². The quantitative estimate of drug-likeness (QED) is 0.706. The molecule has 7 heteroatoms. The van der Waals surface area contributed by atoms with Crippen molar-refractivity contribution in [2.75, 3.05) is 17.2 Å². The second-order valence-electron chi connectivity index (χ2n) is 5.10. The van der Waals surface area contributed by atoms with Gasteiger partial charge >= 0.3 is 0 Å². The van der Waals surface area contributed by atoms with Gasteiger partial charge in [-0.25, -0.2) is 4.39 Å². The van der Waals surface area contributed by atoms with E-state index < -0.39 is 0 Å². The number of hydrogen-bond acceptors (Lipinski definition) is 5. The maximum atomic E-state index is 12.9. The molecule has 1 aromatic heterocycles. The molecule has 0 saturated carbocycles. The Morgan fingerprint density at radius 2 is 1.92 bits per heavy atom. The first-order valence-corrected chi connectivity index (χ1v) is 7.77. The van der Waals surface area contributed by atoms with Crippen LogP contribution in [0.25, 0.3) is 0 Å². The zero-order chi connectivity index (χ0) is 16.8. The predicted octanol–water partition coefficient (Wildman–Crippen LogP) is 4.06. The van der Waals surface area contributed by atoms with E-state index in [-0.39, 0.29) is 5.82 Å². The molecule has 0 aliphatic heterocycles. The normalized spacial score (nSPS) is 10.4. The molecule has 5 nitrogen and oxygen atoms in total. The molecule has 0 spiro atoms. The number of aromatic nitrogens is 3. The molecular formula is C17H15ClFN5. The number of anilines is 3. The summed E-state index contributed by atoms with van der Waals surface area (Å²) < 4.78 is 12.9. The Morgan fingerprint density at radius 1 is 1.08 bits per heavy atom. The lowest BCUT2D eigenvalue weighted by molar-refractivity contribution is 0.628. The second-order valence-corrected chi connectivity index (χ2v) is 5.54. The van der Waals surface area contributed by atoms with Crippen molar-refractivity contribution >= 4 is 29.1 Å². The Bertz CT molecular complexity index is 810. The van der Waals surface area contributed by atoms with Crippen molar-refractivity contribution in [3.63, 3.8) is 0 Å². The van der Waals surface area contributed by atoms with Crippen LogP contribution in [0.1, 0.15) is 5.56 Å². The number of halogens is 2. The Morgan fingerprint density at radius 3 is 2.71 bits per heavy atom. The van der Waals surface area contributed by atoms with Crippen LogP contribution >= 0.6 is 11.6 Å². The lowest BCUT2D eigenvalue weighted by Crippen LogP contribution is -2.09. The van der Waals surface area contributed by atoms with Crippen molar-refractivity contribution in [3.05, 3.63) is 71.1 Å². The number of nitrogens with zero attached hydrogens (tertiary/aromatic N) is 3. The Labute approximate surface area is 143 Å². The van der Waals surface area contributed by atoms with Crippen LogP contribution in [0.3, 0.4) is 0 Å². The van der Waals surface area contributed by atoms with Gasteiger partial charge < -0.3 is 10.6 Å². The Kier molecular flexibility index (Phi) is 5.18. The molecule has 24 heavy (non-hydrogen) atoms. The van der Waals surface area contributed by atoms with E-state index in [9.17, 15) is 4.39 Å². The van der Waals surface area contributed by atoms with Crippen molar-refractivity contribution in [3.8, 4) is 0 Å². The summed E-state index contributed by atoms with van der Waals surface area (Å²) in [7, 11) is 0. The Hall–Kier alpha value is -2.73. The van der Waals surface area contributed by atoms with E-state index in [0.29, 0.717) is 18.3 Å². The van der Waals surface area contributed by atoms with Crippen LogP contribution in [0, 0.1) is 5.82 Å². The van der Waals surface area contributed by atoms with Crippen LogP contribution < -0.4 is 10.6 Å². The van der Waals surface area contributed by atoms with E-state index in [1.807, 2.05) is 24.3 Å². The minimum Gasteiger partial charge on any atom is -0.353 e. The lowest BCUT2D eigenvalue weighted by Gasteiger charge is -2.08. The van der Waals surface area contributed by atoms with Gasteiger partial charge in [-0.1, -0.05) is 23.7 Å². The molecule has 3 rings (SSSR count). The van der Waals surface area contributed by atoms with Crippen LogP contribution in [0.15, 0.2) is 54.7 Å². The van der Waals surface area contributed by atoms with E-state index in [2.05, 4.69) is 25.8 Å². The van der Waals surface area contributed by atoms with Gasteiger partial charge in [-0.05, 0) is 48.4 Å². The van der Waals surface area contributed by atoms with Gasteiger partial charge in [0.15, 0.2) is 5.82 Å². The average Bonchev–Trinajstić information content (AvgIpc) is 2.58. The topological polar surface area (TPSA) is 62.7 Å². The fourth-order valence-corrected chi connectivity index (χ4v) is 2.34. The second kappa shape index (κ2) is 7.70. The molecule has 3 aromatic rings. The van der Waals surface area contributed by atoms with E-state index >= 15 is 0 Å². The number of benzene rings is 2. The molecular weight excluding hydrogens is 329 g/mol. The fraction of sp³-hybridized carbons (Fsp3) is 0.118. The summed E-state index contributed by atoms with van der Waals surface area (Å²) in [6.07, 6.45) is 2.30. The van der Waals surface area contributed by atoms with Gasteiger partial charge in [-0.3, -0.25) is 0 Å². The maximum absolute atomic E-state index is 12.9. The third-order valence-corrected chi connectivity index (χ3v) is 3.50. The van der Waals surface area contributed by atoms with Gasteiger partial charge in [0, 0.05) is 17.3 Å². The van der Waals surface area contributed by atoms with E-state index in [4.69, 9.17) is 11.6 Å². The van der Waals surface area contributed by atoms with Gasteiger partial charge in [0.1, 0.15) is 5.82 Å². The Balaban J connectivity index is 1.57. The van der Waals surface area contributed by atoms with Crippen LogP contribution in [-0.4, -0.2) is 21.7 Å². The van der Waals surface area contributed by atoms with Crippen molar-refractivity contribution in [2.45, 2.75) is 6.42 Å². The van der Waals surface area contributed by atoms with Gasteiger partial charge in [-0.2, -0.15) is 10.1 Å². The maximum Gasteiger partial charge on any atom is 0.244 e. The minimum atomic E-state index is -0.287. The van der Waals surface area contributed by atoms with Crippen molar-refractivity contribution in [1.82, 2.24) is 15.2 Å². The summed E-state index contributed by atoms with van der Waals surface area (Å²) in [4.78, 5) is 4.32. The number of hydrogen-bond donors (Lipinski definition) is 2. The third kappa shape index (κ3) is 4.63. The molecule has 2 N–H and O–H groups in total. The van der Waals surface area contributed by atoms with Crippen molar-refractivity contribution in [1.29, 1.82) is 0 Å². The van der Waals surface area contributed by atoms with Crippen LogP contribution in [0.4, 0.5) is 21.8 Å². The largest absolute Gasteiger partial charge is 0.353 e. The van der Waals surface area contributed by atoms with E-state index in [1.54, 1.807) is 12.1 Å². The highest BCUT2D eigenvalue weighted by molar-refractivity contribution is 6.30. The summed E-state index contributed by atoms with van der Waals surface area (Å²) in [5, 5.41) is 14.7. The summed E-state index contributed by atoms with van der Waals surface area (Å²) in [6, 6.07) is 13.7. The monoisotopic (exact) mass is 343 g/mol. The van der Waals surface area contributed by atoms with Crippen LogP contribution in [-0.2, 0) is 6.42 Å². The zero-order valence-corrected chi connectivity index (χ0v) is 13.5. The SMILES string of the molecule is Fc1ccc(Nc2cnnc(NCCc3cccc(Cl)c3)n2)cc1. The molecule has 1 heterocycles. The summed E-state index contributed by atoms with van der Waals surface area (Å²) in [6.45, 7) is 0.655. The molecule has 0 bridgehead atoms. The first-order valence-electron chi connectivity index (χ1n) is 7.40. The van der Waals surface area contributed by atoms with Crippen LogP contribution in [0.5, 0.6) is 0 Å². The molecule has 0 aliphatic rings. The zero-order valence-electron chi connectivity index (χ0n) is 12.7. The summed E-state index contributed by atoms with van der Waals surface area (Å²) >= 11 is 5.96. The molecule has 0 aliphatic carbocycles. The molecule has 2 aromatic carbocycles. The fourth-order valence-electron chi connectivity index (χ4n) is 2.13. The molecule has 0 atom stereocenters. The highest BCUT2D eigenvalue weighted by atomic mass is 35.5. The minimum absolute atomic E-state index is 0.287. The van der Waals surface area contributed by atoms with Gasteiger partial charge in [0.2, 0.25) is 5.95 Å². The number of nitrogens with one attached hydrogen (secondary N) is 2. The lowest BCUT2D eigenvalue weighted by atomic mass is 10.1. The summed E-state index contributed by atoms with van der Waals surface area (Å²) in [5.41, 5.74) is 1.85. The molecule has 0 fully saturated rings. The molecule has 0 unspecified atom stereocenters. The molecule has 0 radical (unpaired) electrons. The molecule has 0 amide bonds. The van der Waals surface area contributed by atoms with Crippen molar-refractivity contribution < 1.29 is 4.39 Å². The highest BCUT2D eigenvalue weighted by Gasteiger charge is 2.02. The average molecular weight is 344 g/mol. The van der Waals surface area contributed by atoms with Gasteiger partial charge in [0.05, 0.1) is 6.20 Å². The van der Waals surface area contributed by atoms with Crippen molar-refractivity contribution in [2.24, 2.45) is 0 Å². The first kappa shape index (κ1) is 16.1. The standard InChI is InChI=1S/C17H15ClFN5/c18-13-3-1-2-12(10-13)8-9-20-17-23-16(11-21-24-17)22-15-6-4-14(19)5-7-15/h1-7,10-11H,8-9H2,(H2,20,22,23,24).